The highest BCUT2D eigenvalue weighted by Gasteiger charge is 2.48. The Morgan fingerprint density at radius 3 is 2.28 bits per heavy atom. The molecule has 1 aliphatic carbocycles. The number of hydrogen-bond donors (Lipinski definition) is 1. The van der Waals surface area contributed by atoms with Crippen LogP contribution in [0.1, 0.15) is 37.8 Å². The minimum Gasteiger partial charge on any atom is -0.353 e. The third-order valence-electron chi connectivity index (χ3n) is 7.87. The highest BCUT2D eigenvalue weighted by atomic mass is 32.2. The van der Waals surface area contributed by atoms with Crippen molar-refractivity contribution < 1.29 is 17.2 Å². The van der Waals surface area contributed by atoms with E-state index in [0.717, 1.165) is 27.1 Å². The van der Waals surface area contributed by atoms with E-state index in [9.17, 15) is 22.0 Å². The van der Waals surface area contributed by atoms with E-state index in [-0.39, 0.29) is 23.9 Å². The third-order valence-corrected chi connectivity index (χ3v) is 9.06. The molecule has 2 aromatic rings. The van der Waals surface area contributed by atoms with Crippen LogP contribution in [0.5, 0.6) is 0 Å². The van der Waals surface area contributed by atoms with Gasteiger partial charge in [-0.3, -0.25) is 9.36 Å². The lowest BCUT2D eigenvalue weighted by molar-refractivity contribution is 0.0917. The van der Waals surface area contributed by atoms with E-state index in [4.69, 9.17) is 4.98 Å². The molecule has 0 spiro atoms. The van der Waals surface area contributed by atoms with Gasteiger partial charge in [-0.05, 0) is 24.8 Å². The summed E-state index contributed by atoms with van der Waals surface area (Å²) in [6, 6.07) is 0.803. The number of anilines is 1. The molecule has 1 aliphatic heterocycles. The van der Waals surface area contributed by atoms with E-state index in [1.54, 1.807) is 0 Å². The number of aromatic nitrogens is 3. The Morgan fingerprint density at radius 2 is 1.78 bits per heavy atom. The molecule has 3 heterocycles. The van der Waals surface area contributed by atoms with E-state index >= 15 is 0 Å². The fourth-order valence-corrected chi connectivity index (χ4v) is 7.42. The molecule has 0 aromatic carbocycles. The summed E-state index contributed by atoms with van der Waals surface area (Å²) in [5, 5.41) is 2.88. The molecule has 2 fully saturated rings. The first-order chi connectivity index (χ1) is 16.4. The molecule has 36 heavy (non-hydrogen) atoms. The quantitative estimate of drug-likeness (QED) is 0.449. The zero-order valence-electron chi connectivity index (χ0n) is 22.1. The summed E-state index contributed by atoms with van der Waals surface area (Å²) in [5.41, 5.74) is -0.914. The third kappa shape index (κ3) is 4.99. The fourth-order valence-electron chi connectivity index (χ4n) is 6.28. The van der Waals surface area contributed by atoms with Crippen molar-refractivity contribution in [3.63, 3.8) is 0 Å². The minimum atomic E-state index is -3.36. The maximum atomic E-state index is 14.4. The Kier molecular flexibility index (Phi) is 6.72. The second kappa shape index (κ2) is 8.89. The summed E-state index contributed by atoms with van der Waals surface area (Å²) < 4.78 is 56.3. The Labute approximate surface area is 215 Å². The summed E-state index contributed by atoms with van der Waals surface area (Å²) in [5.74, 6) is -2.83. The molecule has 4 rings (SSSR count). The number of alkyl halides is 2. The molecule has 2 atom stereocenters. The van der Waals surface area contributed by atoms with Gasteiger partial charge in [0.15, 0.2) is 7.85 Å². The van der Waals surface area contributed by atoms with Gasteiger partial charge >= 0.3 is 0 Å². The Morgan fingerprint density at radius 1 is 1.17 bits per heavy atom. The molecule has 1 saturated heterocycles. The Bertz CT molecular complexity index is 1330. The van der Waals surface area contributed by atoms with Gasteiger partial charge in [0, 0.05) is 36.8 Å². The number of piperidine rings is 1. The lowest BCUT2D eigenvalue weighted by Gasteiger charge is -2.53. The average molecular weight is 515 g/mol. The van der Waals surface area contributed by atoms with Crippen LogP contribution < -0.4 is 10.9 Å². The number of nitrogens with one attached hydrogen (secondary N) is 1. The van der Waals surface area contributed by atoms with Crippen molar-refractivity contribution >= 4 is 66.2 Å². The standard InChI is InChI=1S/C20H32B5F2N5O3S/c1-10-4-3-5-13(10)32-14-11(6-12(15(32)33)20(25,26)27)7-28-17(29-14)30-16-18(21,22)8-31(36(2,34)35)9-19(16,23)24/h6-7,10,13,16H,3-5,8-9,21-25H2,1-2H3,(H,28,29,30)/t10-,13+/m0/s1. The zero-order valence-corrected chi connectivity index (χ0v) is 22.9. The lowest BCUT2D eigenvalue weighted by Crippen LogP contribution is -2.60. The summed E-state index contributed by atoms with van der Waals surface area (Å²) in [4.78, 5) is 22.5. The molecule has 1 saturated carbocycles. The highest BCUT2D eigenvalue weighted by molar-refractivity contribution is 7.88. The molecule has 0 bridgehead atoms. The SMILES string of the molecule is BC(F)(F)c1cc2cnc(NC3C(B)(B)CN(S(C)(=O)=O)CC3(B)B)nc2n([C@@H]2CCC[C@@H]2C)c1=O. The topological polar surface area (TPSA) is 97.2 Å². The number of pyridine rings is 1. The Hall–Kier alpha value is -1.82. The van der Waals surface area contributed by atoms with Crippen LogP contribution in [0, 0.1) is 5.92 Å². The summed E-state index contributed by atoms with van der Waals surface area (Å²) in [6.07, 6.45) is 5.27. The van der Waals surface area contributed by atoms with E-state index in [2.05, 4.69) is 10.3 Å². The van der Waals surface area contributed by atoms with Crippen molar-refractivity contribution in [3.05, 3.63) is 28.2 Å². The van der Waals surface area contributed by atoms with Crippen molar-refractivity contribution in [2.75, 3.05) is 24.7 Å². The van der Waals surface area contributed by atoms with Crippen LogP contribution >= 0.6 is 0 Å². The average Bonchev–Trinajstić information content (AvgIpc) is 3.13. The van der Waals surface area contributed by atoms with Gasteiger partial charge in [-0.2, -0.15) is 4.98 Å². The first-order valence-corrected chi connectivity index (χ1v) is 14.3. The van der Waals surface area contributed by atoms with Gasteiger partial charge in [0.25, 0.3) is 5.56 Å². The summed E-state index contributed by atoms with van der Waals surface area (Å²) in [6.45, 7) is 2.70. The van der Waals surface area contributed by atoms with Crippen LogP contribution in [0.15, 0.2) is 17.1 Å². The fraction of sp³-hybridized carbons (Fsp3) is 0.650. The van der Waals surface area contributed by atoms with Crippen molar-refractivity contribution in [1.82, 2.24) is 18.8 Å². The lowest BCUT2D eigenvalue weighted by atomic mass is 9.36. The number of fused-ring (bicyclic) bond motifs is 1. The molecule has 8 nitrogen and oxygen atoms in total. The number of hydrogen-bond acceptors (Lipinski definition) is 6. The van der Waals surface area contributed by atoms with Gasteiger partial charge < -0.3 is 5.32 Å². The maximum absolute atomic E-state index is 14.4. The Balaban J connectivity index is 1.81. The maximum Gasteiger partial charge on any atom is 0.260 e. The molecule has 0 amide bonds. The van der Waals surface area contributed by atoms with Crippen LogP contribution in [0.2, 0.25) is 10.4 Å². The van der Waals surface area contributed by atoms with Crippen molar-refractivity contribution in [2.45, 2.75) is 54.5 Å². The van der Waals surface area contributed by atoms with Gasteiger partial charge in [-0.1, -0.05) is 23.8 Å². The van der Waals surface area contributed by atoms with Gasteiger partial charge in [0.05, 0.1) is 11.8 Å². The molecular formula is C20H32B5F2N5O3S. The van der Waals surface area contributed by atoms with Crippen molar-refractivity contribution in [2.24, 2.45) is 5.92 Å². The van der Waals surface area contributed by atoms with Crippen LogP contribution in [0.3, 0.4) is 0 Å². The largest absolute Gasteiger partial charge is 0.353 e. The predicted octanol–water partition coefficient (Wildman–Crippen LogP) is -2.34. The smallest absolute Gasteiger partial charge is 0.260 e. The van der Waals surface area contributed by atoms with Gasteiger partial charge in [0.1, 0.15) is 37.0 Å². The molecular weight excluding hydrogens is 482 g/mol. The van der Waals surface area contributed by atoms with E-state index in [0.29, 0.717) is 24.1 Å². The summed E-state index contributed by atoms with van der Waals surface area (Å²) in [7, 11) is 5.36. The monoisotopic (exact) mass is 515 g/mol. The number of nitrogens with zero attached hydrogens (tertiary/aromatic N) is 4. The molecule has 16 heteroatoms. The van der Waals surface area contributed by atoms with Crippen LogP contribution in [0.4, 0.5) is 14.7 Å². The summed E-state index contributed by atoms with van der Waals surface area (Å²) >= 11 is 0. The zero-order chi connectivity index (χ0) is 26.8. The molecule has 1 N–H and O–H groups in total. The van der Waals surface area contributed by atoms with E-state index in [1.165, 1.54) is 27.4 Å². The van der Waals surface area contributed by atoms with Gasteiger partial charge in [-0.25, -0.2) is 26.5 Å². The van der Waals surface area contributed by atoms with Crippen LogP contribution in [-0.2, 0) is 15.8 Å². The van der Waals surface area contributed by atoms with Crippen molar-refractivity contribution in [3.8, 4) is 0 Å². The number of sulfonamides is 1. The van der Waals surface area contributed by atoms with Crippen LogP contribution in [0.25, 0.3) is 11.0 Å². The second-order valence-electron chi connectivity index (χ2n) is 12.2. The second-order valence-corrected chi connectivity index (χ2v) is 14.1. The van der Waals surface area contributed by atoms with E-state index < -0.39 is 37.4 Å². The minimum absolute atomic E-state index is 0.163. The molecule has 2 aromatic heterocycles. The normalized spacial score (nSPS) is 25.2. The van der Waals surface area contributed by atoms with Crippen molar-refractivity contribution in [1.29, 1.82) is 0 Å². The van der Waals surface area contributed by atoms with Gasteiger partial charge in [-0.15, -0.1) is 0 Å². The van der Waals surface area contributed by atoms with Gasteiger partial charge in [0.2, 0.25) is 21.8 Å². The highest BCUT2D eigenvalue weighted by Crippen LogP contribution is 2.44. The van der Waals surface area contributed by atoms with E-state index in [1.807, 2.05) is 38.3 Å². The van der Waals surface area contributed by atoms with Crippen LogP contribution in [-0.4, -0.2) is 91.9 Å². The number of halogens is 2. The number of rotatable bonds is 5. The molecule has 2 aliphatic rings. The molecule has 0 radical (unpaired) electrons. The first kappa shape index (κ1) is 27.2. The first-order valence-electron chi connectivity index (χ1n) is 12.4. The molecule has 0 unspecified atom stereocenters. The predicted molar refractivity (Wildman–Crippen MR) is 152 cm³/mol. The molecule has 190 valence electrons.